The van der Waals surface area contributed by atoms with Crippen LogP contribution in [0.15, 0.2) is 42.6 Å². The normalized spacial score (nSPS) is 13.8. The van der Waals surface area contributed by atoms with Crippen molar-refractivity contribution in [3.8, 4) is 0 Å². The monoisotopic (exact) mass is 254 g/mol. The third-order valence-electron chi connectivity index (χ3n) is 3.07. The quantitative estimate of drug-likeness (QED) is 0.439. The van der Waals surface area contributed by atoms with Crippen molar-refractivity contribution < 1.29 is 14.3 Å². The molecule has 94 valence electrons. The Kier molecular flexibility index (Phi) is 2.35. The van der Waals surface area contributed by atoms with Crippen molar-refractivity contribution in [2.75, 3.05) is 4.90 Å². The van der Waals surface area contributed by atoms with E-state index in [0.717, 1.165) is 10.5 Å². The van der Waals surface area contributed by atoms with Crippen LogP contribution in [0.3, 0.4) is 0 Å². The molecule has 1 aromatic heterocycles. The van der Waals surface area contributed by atoms with Gasteiger partial charge in [0.15, 0.2) is 0 Å². The molecular weight excluding hydrogens is 244 g/mol. The van der Waals surface area contributed by atoms with E-state index in [1.54, 1.807) is 37.3 Å². The van der Waals surface area contributed by atoms with Crippen LogP contribution in [0.1, 0.15) is 26.3 Å². The Bertz CT molecular complexity index is 675. The zero-order chi connectivity index (χ0) is 13.6. The number of carbonyl (C=O) groups is 2. The highest BCUT2D eigenvalue weighted by atomic mass is 16.5. The largest absolute Gasteiger partial charge is 0.711 e. The summed E-state index contributed by atoms with van der Waals surface area (Å²) < 4.78 is 0.539. The molecule has 0 bridgehead atoms. The minimum atomic E-state index is -0.464. The van der Waals surface area contributed by atoms with E-state index in [-0.39, 0.29) is 5.82 Å². The predicted molar refractivity (Wildman–Crippen MR) is 67.7 cm³/mol. The number of aryl methyl sites for hydroxylation is 1. The van der Waals surface area contributed by atoms with Gasteiger partial charge in [-0.05, 0) is 30.7 Å². The van der Waals surface area contributed by atoms with Crippen LogP contribution in [0.2, 0.25) is 0 Å². The van der Waals surface area contributed by atoms with Gasteiger partial charge >= 0.3 is 11.8 Å². The highest BCUT2D eigenvalue weighted by Gasteiger charge is 2.44. The Labute approximate surface area is 109 Å². The van der Waals surface area contributed by atoms with Crippen LogP contribution in [-0.4, -0.2) is 11.8 Å². The summed E-state index contributed by atoms with van der Waals surface area (Å²) in [5.41, 5.74) is 1.41. The number of hydrogen-bond donors (Lipinski definition) is 0. The minimum absolute atomic E-state index is 0.0248. The number of fused-ring (bicyclic) bond motifs is 1. The van der Waals surface area contributed by atoms with E-state index in [0.29, 0.717) is 15.9 Å². The van der Waals surface area contributed by atoms with Gasteiger partial charge in [0.2, 0.25) is 0 Å². The molecule has 2 amide bonds. The Balaban J connectivity index is 2.14. The third kappa shape index (κ3) is 1.59. The van der Waals surface area contributed by atoms with E-state index in [1.807, 2.05) is 0 Å². The molecule has 1 aliphatic rings. The number of amides is 2. The predicted octanol–water partition coefficient (Wildman–Crippen LogP) is 1.43. The Hall–Kier alpha value is -2.69. The lowest BCUT2D eigenvalue weighted by atomic mass is 10.1. The number of nitrogens with zero attached hydrogens (tertiary/aromatic N) is 2. The van der Waals surface area contributed by atoms with Crippen LogP contribution in [0.25, 0.3) is 0 Å². The Morgan fingerprint density at radius 3 is 2.11 bits per heavy atom. The van der Waals surface area contributed by atoms with Crippen LogP contribution in [0, 0.1) is 12.1 Å². The standard InChI is InChI=1S/C14H10N2O3/c1-9-6-7-12(15(19)8-9)16-13(17)10-4-2-3-5-11(10)14(16)18/h2-8H,1H3. The van der Waals surface area contributed by atoms with Crippen molar-refractivity contribution >= 4 is 17.6 Å². The molecule has 0 unspecified atom stereocenters. The summed E-state index contributed by atoms with van der Waals surface area (Å²) in [7, 11) is 0. The van der Waals surface area contributed by atoms with E-state index in [2.05, 4.69) is 0 Å². The summed E-state index contributed by atoms with van der Waals surface area (Å²) >= 11 is 0. The van der Waals surface area contributed by atoms with Crippen LogP contribution in [-0.2, 0) is 0 Å². The molecule has 0 atom stereocenters. The first-order valence-electron chi connectivity index (χ1n) is 5.77. The smallest absolute Gasteiger partial charge is 0.349 e. The fraction of sp³-hybridized carbons (Fsp3) is 0.0714. The molecule has 1 aliphatic heterocycles. The molecule has 5 heteroatoms. The second kappa shape index (κ2) is 3.91. The summed E-state index contributed by atoms with van der Waals surface area (Å²) in [5, 5.41) is 11.8. The molecule has 0 fully saturated rings. The maximum absolute atomic E-state index is 12.2. The van der Waals surface area contributed by atoms with Crippen molar-refractivity contribution in [3.63, 3.8) is 0 Å². The van der Waals surface area contributed by atoms with E-state index < -0.39 is 11.8 Å². The molecular formula is C14H10N2O3. The lowest BCUT2D eigenvalue weighted by molar-refractivity contribution is -0.591. The minimum Gasteiger partial charge on any atom is -0.711 e. The fourth-order valence-corrected chi connectivity index (χ4v) is 2.14. The SMILES string of the molecule is Cc1ccc(N2C(=O)c3ccccc3C2=O)[n+]([O-])c1. The molecule has 0 saturated heterocycles. The van der Waals surface area contributed by atoms with Crippen molar-refractivity contribution in [1.29, 1.82) is 0 Å². The number of hydrogen-bond acceptors (Lipinski definition) is 3. The first-order chi connectivity index (χ1) is 9.09. The summed E-state index contributed by atoms with van der Waals surface area (Å²) in [6, 6.07) is 9.71. The van der Waals surface area contributed by atoms with Crippen molar-refractivity contribution in [2.45, 2.75) is 6.92 Å². The van der Waals surface area contributed by atoms with Crippen LogP contribution >= 0.6 is 0 Å². The molecule has 0 spiro atoms. The molecule has 2 heterocycles. The highest BCUT2D eigenvalue weighted by Crippen LogP contribution is 2.26. The summed E-state index contributed by atoms with van der Waals surface area (Å²) in [6.07, 6.45) is 1.33. The molecule has 0 aliphatic carbocycles. The first kappa shape index (κ1) is 11.4. The van der Waals surface area contributed by atoms with Crippen LogP contribution in [0.4, 0.5) is 5.82 Å². The maximum Gasteiger partial charge on any atom is 0.349 e. The molecule has 0 saturated carbocycles. The summed E-state index contributed by atoms with van der Waals surface area (Å²) in [6.45, 7) is 1.76. The van der Waals surface area contributed by atoms with E-state index in [9.17, 15) is 14.8 Å². The number of anilines is 1. The topological polar surface area (TPSA) is 64.3 Å². The molecule has 5 nitrogen and oxygen atoms in total. The lowest BCUT2D eigenvalue weighted by Crippen LogP contribution is -2.41. The number of carbonyl (C=O) groups excluding carboxylic acids is 2. The highest BCUT2D eigenvalue weighted by molar-refractivity contribution is 6.33. The Morgan fingerprint density at radius 1 is 1.00 bits per heavy atom. The molecule has 0 N–H and O–H groups in total. The van der Waals surface area contributed by atoms with Gasteiger partial charge in [0.1, 0.15) is 0 Å². The van der Waals surface area contributed by atoms with Gasteiger partial charge in [-0.2, -0.15) is 0 Å². The van der Waals surface area contributed by atoms with E-state index in [1.165, 1.54) is 12.3 Å². The van der Waals surface area contributed by atoms with Gasteiger partial charge in [-0.3, -0.25) is 0 Å². The van der Waals surface area contributed by atoms with Crippen molar-refractivity contribution in [2.24, 2.45) is 0 Å². The van der Waals surface area contributed by atoms with Gasteiger partial charge < -0.3 is 5.21 Å². The van der Waals surface area contributed by atoms with Crippen molar-refractivity contribution in [3.05, 3.63) is 64.5 Å². The van der Waals surface area contributed by atoms with Gasteiger partial charge in [0, 0.05) is 6.07 Å². The zero-order valence-electron chi connectivity index (χ0n) is 10.2. The number of pyridine rings is 1. The molecule has 19 heavy (non-hydrogen) atoms. The van der Waals surface area contributed by atoms with Gasteiger partial charge in [0.05, 0.1) is 17.3 Å². The average Bonchev–Trinajstić information content (AvgIpc) is 2.64. The molecule has 2 aromatic rings. The number of rotatable bonds is 1. The molecule has 0 radical (unpaired) electrons. The fourth-order valence-electron chi connectivity index (χ4n) is 2.14. The van der Waals surface area contributed by atoms with Gasteiger partial charge in [-0.1, -0.05) is 12.1 Å². The number of benzene rings is 1. The molecule has 3 rings (SSSR count). The average molecular weight is 254 g/mol. The Morgan fingerprint density at radius 2 is 1.58 bits per heavy atom. The van der Waals surface area contributed by atoms with Gasteiger partial charge in [-0.15, -0.1) is 4.90 Å². The third-order valence-corrected chi connectivity index (χ3v) is 3.07. The number of imide groups is 1. The first-order valence-corrected chi connectivity index (χ1v) is 5.77. The van der Waals surface area contributed by atoms with Gasteiger partial charge in [0.25, 0.3) is 5.82 Å². The molecule has 1 aromatic carbocycles. The second-order valence-electron chi connectivity index (χ2n) is 4.38. The lowest BCUT2D eigenvalue weighted by Gasteiger charge is -2.12. The maximum atomic E-state index is 12.2. The van der Waals surface area contributed by atoms with E-state index in [4.69, 9.17) is 0 Å². The summed E-state index contributed by atoms with van der Waals surface area (Å²) in [4.78, 5) is 25.3. The van der Waals surface area contributed by atoms with Gasteiger partial charge in [-0.25, -0.2) is 14.3 Å². The second-order valence-corrected chi connectivity index (χ2v) is 4.38. The van der Waals surface area contributed by atoms with E-state index >= 15 is 0 Å². The summed E-state index contributed by atoms with van der Waals surface area (Å²) in [5.74, 6) is -0.903. The number of aromatic nitrogens is 1. The van der Waals surface area contributed by atoms with Crippen LogP contribution in [0.5, 0.6) is 0 Å². The zero-order valence-corrected chi connectivity index (χ0v) is 10.2. The van der Waals surface area contributed by atoms with Crippen LogP contribution < -0.4 is 9.63 Å². The van der Waals surface area contributed by atoms with Crippen molar-refractivity contribution in [1.82, 2.24) is 0 Å².